The summed E-state index contributed by atoms with van der Waals surface area (Å²) in [6.07, 6.45) is 0. The van der Waals surface area contributed by atoms with Gasteiger partial charge in [-0.3, -0.25) is 4.90 Å². The molecule has 1 saturated heterocycles. The van der Waals surface area contributed by atoms with Crippen LogP contribution in [-0.4, -0.2) is 43.8 Å². The van der Waals surface area contributed by atoms with Gasteiger partial charge in [0.2, 0.25) is 10.0 Å². The second-order valence-corrected chi connectivity index (χ2v) is 8.45. The zero-order chi connectivity index (χ0) is 17.9. The molecule has 1 heterocycles. The number of nitrogens with zero attached hydrogens (tertiary/aromatic N) is 2. The van der Waals surface area contributed by atoms with E-state index < -0.39 is 10.0 Å². The summed E-state index contributed by atoms with van der Waals surface area (Å²) in [5.74, 6) is -0.187. The first kappa shape index (κ1) is 18.0. The predicted molar refractivity (Wildman–Crippen MR) is 97.1 cm³/mol. The first-order valence-corrected chi connectivity index (χ1v) is 10.0. The maximum absolute atomic E-state index is 13.0. The Bertz CT molecular complexity index is 814. The van der Waals surface area contributed by atoms with Crippen LogP contribution in [0.1, 0.15) is 16.7 Å². The number of hydrogen-bond acceptors (Lipinski definition) is 3. The van der Waals surface area contributed by atoms with Crippen molar-refractivity contribution in [1.82, 2.24) is 9.21 Å². The lowest BCUT2D eigenvalue weighted by molar-refractivity contribution is 0.181. The van der Waals surface area contributed by atoms with Gasteiger partial charge in [0.25, 0.3) is 0 Å². The van der Waals surface area contributed by atoms with E-state index in [9.17, 15) is 12.8 Å². The Morgan fingerprint density at radius 1 is 0.960 bits per heavy atom. The molecule has 25 heavy (non-hydrogen) atoms. The summed E-state index contributed by atoms with van der Waals surface area (Å²) < 4.78 is 39.9. The first-order chi connectivity index (χ1) is 11.9. The number of piperazine rings is 1. The van der Waals surface area contributed by atoms with Crippen molar-refractivity contribution in [2.75, 3.05) is 26.2 Å². The van der Waals surface area contributed by atoms with Crippen LogP contribution in [0.3, 0.4) is 0 Å². The number of rotatable bonds is 5. The van der Waals surface area contributed by atoms with E-state index in [1.54, 1.807) is 16.4 Å². The Hall–Kier alpha value is -1.76. The fourth-order valence-electron chi connectivity index (χ4n) is 3.07. The molecule has 0 saturated carbocycles. The minimum Gasteiger partial charge on any atom is -0.296 e. The van der Waals surface area contributed by atoms with Crippen molar-refractivity contribution in [1.29, 1.82) is 0 Å². The third-order valence-corrected chi connectivity index (χ3v) is 6.47. The van der Waals surface area contributed by atoms with E-state index in [1.165, 1.54) is 12.1 Å². The van der Waals surface area contributed by atoms with Gasteiger partial charge in [-0.25, -0.2) is 12.8 Å². The molecule has 0 aliphatic carbocycles. The molecule has 1 fully saturated rings. The highest BCUT2D eigenvalue weighted by Crippen LogP contribution is 2.17. The van der Waals surface area contributed by atoms with E-state index in [0.29, 0.717) is 32.7 Å². The fraction of sp³-hybridized carbons (Fsp3) is 0.368. The number of hydrogen-bond donors (Lipinski definition) is 0. The van der Waals surface area contributed by atoms with Crippen LogP contribution in [0.15, 0.2) is 48.5 Å². The molecule has 0 radical (unpaired) electrons. The summed E-state index contributed by atoms with van der Waals surface area (Å²) >= 11 is 0. The molecular formula is C19H23FN2O2S. The maximum atomic E-state index is 13.0. The van der Waals surface area contributed by atoms with Crippen molar-refractivity contribution in [3.8, 4) is 0 Å². The first-order valence-electron chi connectivity index (χ1n) is 8.43. The summed E-state index contributed by atoms with van der Waals surface area (Å²) in [7, 11) is -3.30. The molecule has 2 aromatic rings. The number of aryl methyl sites for hydroxylation is 1. The Balaban J connectivity index is 1.57. The van der Waals surface area contributed by atoms with E-state index >= 15 is 0 Å². The van der Waals surface area contributed by atoms with Crippen LogP contribution in [0.25, 0.3) is 0 Å². The van der Waals surface area contributed by atoms with Gasteiger partial charge in [0.15, 0.2) is 0 Å². The molecule has 6 heteroatoms. The molecule has 0 amide bonds. The van der Waals surface area contributed by atoms with Gasteiger partial charge in [-0.15, -0.1) is 0 Å². The Morgan fingerprint density at radius 3 is 2.24 bits per heavy atom. The van der Waals surface area contributed by atoms with Gasteiger partial charge in [-0.1, -0.05) is 36.4 Å². The second kappa shape index (κ2) is 7.64. The lowest BCUT2D eigenvalue weighted by Gasteiger charge is -2.34. The molecule has 0 atom stereocenters. The SMILES string of the molecule is Cc1ccccc1CS(=O)(=O)N1CCN(Cc2ccc(F)cc2)CC1. The molecule has 2 aromatic carbocycles. The molecule has 3 rings (SSSR count). The molecule has 134 valence electrons. The van der Waals surface area contributed by atoms with Crippen molar-refractivity contribution >= 4 is 10.0 Å². The number of sulfonamides is 1. The second-order valence-electron chi connectivity index (χ2n) is 6.48. The molecule has 1 aliphatic rings. The molecule has 0 aromatic heterocycles. The minimum absolute atomic E-state index is 0.0532. The van der Waals surface area contributed by atoms with E-state index in [2.05, 4.69) is 4.90 Å². The molecular weight excluding hydrogens is 339 g/mol. The van der Waals surface area contributed by atoms with Gasteiger partial charge in [-0.05, 0) is 35.7 Å². The highest BCUT2D eigenvalue weighted by molar-refractivity contribution is 7.88. The average Bonchev–Trinajstić information content (AvgIpc) is 2.59. The molecule has 1 aliphatic heterocycles. The van der Waals surface area contributed by atoms with Crippen LogP contribution in [0.2, 0.25) is 0 Å². The lowest BCUT2D eigenvalue weighted by atomic mass is 10.1. The van der Waals surface area contributed by atoms with Gasteiger partial charge in [0.05, 0.1) is 5.75 Å². The standard InChI is InChI=1S/C19H23FN2O2S/c1-16-4-2-3-5-18(16)15-25(23,24)22-12-10-21(11-13-22)14-17-6-8-19(20)9-7-17/h2-9H,10-15H2,1H3. The van der Waals surface area contributed by atoms with Crippen LogP contribution in [-0.2, 0) is 22.3 Å². The van der Waals surface area contributed by atoms with Gasteiger partial charge in [0, 0.05) is 32.7 Å². The Morgan fingerprint density at radius 2 is 1.60 bits per heavy atom. The van der Waals surface area contributed by atoms with Gasteiger partial charge < -0.3 is 0 Å². The smallest absolute Gasteiger partial charge is 0.218 e. The molecule has 0 spiro atoms. The van der Waals surface area contributed by atoms with Crippen molar-refractivity contribution in [2.45, 2.75) is 19.2 Å². The van der Waals surface area contributed by atoms with Crippen LogP contribution in [0, 0.1) is 12.7 Å². The molecule has 0 unspecified atom stereocenters. The average molecular weight is 362 g/mol. The summed E-state index contributed by atoms with van der Waals surface area (Å²) in [6.45, 7) is 5.01. The van der Waals surface area contributed by atoms with Crippen molar-refractivity contribution < 1.29 is 12.8 Å². The summed E-state index contributed by atoms with van der Waals surface area (Å²) in [5.41, 5.74) is 2.90. The predicted octanol–water partition coefficient (Wildman–Crippen LogP) is 2.78. The van der Waals surface area contributed by atoms with Gasteiger partial charge in [-0.2, -0.15) is 4.31 Å². The topological polar surface area (TPSA) is 40.6 Å². The van der Waals surface area contributed by atoms with Crippen molar-refractivity contribution in [3.63, 3.8) is 0 Å². The maximum Gasteiger partial charge on any atom is 0.218 e. The fourth-order valence-corrected chi connectivity index (χ4v) is 4.69. The summed E-state index contributed by atoms with van der Waals surface area (Å²) in [5, 5.41) is 0. The quantitative estimate of drug-likeness (QED) is 0.821. The number of benzene rings is 2. The molecule has 0 N–H and O–H groups in total. The number of halogens is 1. The zero-order valence-corrected chi connectivity index (χ0v) is 15.2. The monoisotopic (exact) mass is 362 g/mol. The van der Waals surface area contributed by atoms with Gasteiger partial charge >= 0.3 is 0 Å². The highest BCUT2D eigenvalue weighted by atomic mass is 32.2. The van der Waals surface area contributed by atoms with Crippen LogP contribution in [0.4, 0.5) is 4.39 Å². The molecule has 0 bridgehead atoms. The van der Waals surface area contributed by atoms with E-state index in [1.807, 2.05) is 31.2 Å². The van der Waals surface area contributed by atoms with Crippen LogP contribution >= 0.6 is 0 Å². The third-order valence-electron chi connectivity index (χ3n) is 4.64. The van der Waals surface area contributed by atoms with Crippen molar-refractivity contribution in [2.24, 2.45) is 0 Å². The van der Waals surface area contributed by atoms with E-state index in [4.69, 9.17) is 0 Å². The normalized spacial score (nSPS) is 16.9. The minimum atomic E-state index is -3.30. The lowest BCUT2D eigenvalue weighted by Crippen LogP contribution is -2.48. The van der Waals surface area contributed by atoms with Crippen LogP contribution in [0.5, 0.6) is 0 Å². The molecule has 4 nitrogen and oxygen atoms in total. The largest absolute Gasteiger partial charge is 0.296 e. The Labute approximate surface area is 148 Å². The summed E-state index contributed by atoms with van der Waals surface area (Å²) in [4.78, 5) is 2.20. The van der Waals surface area contributed by atoms with Gasteiger partial charge in [0.1, 0.15) is 5.82 Å². The zero-order valence-electron chi connectivity index (χ0n) is 14.4. The highest BCUT2D eigenvalue weighted by Gasteiger charge is 2.27. The third kappa shape index (κ3) is 4.66. The Kier molecular flexibility index (Phi) is 5.51. The van der Waals surface area contributed by atoms with Crippen LogP contribution < -0.4 is 0 Å². The van der Waals surface area contributed by atoms with E-state index in [-0.39, 0.29) is 11.6 Å². The van der Waals surface area contributed by atoms with E-state index in [0.717, 1.165) is 16.7 Å². The van der Waals surface area contributed by atoms with Crippen molar-refractivity contribution in [3.05, 3.63) is 71.0 Å². The summed E-state index contributed by atoms with van der Waals surface area (Å²) in [6, 6.07) is 14.1.